The molecule has 3 atom stereocenters. The number of alkyl halides is 3. The maximum atomic E-state index is 13.1. The van der Waals surface area contributed by atoms with Crippen molar-refractivity contribution in [2.24, 2.45) is 17.8 Å². The van der Waals surface area contributed by atoms with Gasteiger partial charge in [-0.25, -0.2) is 9.59 Å². The molecule has 0 N–H and O–H groups in total. The quantitative estimate of drug-likeness (QED) is 0.318. The van der Waals surface area contributed by atoms with Crippen molar-refractivity contribution in [1.29, 1.82) is 0 Å². The predicted molar refractivity (Wildman–Crippen MR) is 96.2 cm³/mol. The monoisotopic (exact) mass is 406 g/mol. The molecule has 0 amide bonds. The zero-order chi connectivity index (χ0) is 20.6. The standard InChI is InChI=1S/C21H17F3O5/c22-21(23,24)17-10-19(25)29-18-9-12(7-8-15(17)18)28-20(26)27-11-16-13-5-3-1-2-4-6-14(13)16/h7-10,13-14,16H,3-6,11H2/t13-,14+,16?. The number of benzene rings is 1. The third-order valence-electron chi connectivity index (χ3n) is 5.46. The summed E-state index contributed by atoms with van der Waals surface area (Å²) < 4.78 is 54.3. The van der Waals surface area contributed by atoms with Crippen LogP contribution in [-0.2, 0) is 10.9 Å². The summed E-state index contributed by atoms with van der Waals surface area (Å²) in [6.45, 7) is 0.231. The van der Waals surface area contributed by atoms with Gasteiger partial charge in [0.1, 0.15) is 11.3 Å². The molecule has 1 fully saturated rings. The lowest BCUT2D eigenvalue weighted by Crippen LogP contribution is -2.14. The van der Waals surface area contributed by atoms with Crippen LogP contribution in [0.3, 0.4) is 0 Å². The number of hydrogen-bond donors (Lipinski definition) is 0. The largest absolute Gasteiger partial charge is 0.513 e. The Morgan fingerprint density at radius 2 is 1.83 bits per heavy atom. The van der Waals surface area contributed by atoms with Gasteiger partial charge in [0.05, 0.1) is 12.2 Å². The fraction of sp³-hybridized carbons (Fsp3) is 0.429. The highest BCUT2D eigenvalue weighted by Gasteiger charge is 2.49. The fourth-order valence-electron chi connectivity index (χ4n) is 4.01. The maximum absolute atomic E-state index is 13.1. The van der Waals surface area contributed by atoms with Gasteiger partial charge >= 0.3 is 18.0 Å². The smallest absolute Gasteiger partial charge is 0.434 e. The molecule has 1 aromatic heterocycles. The fourth-order valence-corrected chi connectivity index (χ4v) is 4.01. The molecule has 0 aliphatic heterocycles. The van der Waals surface area contributed by atoms with Gasteiger partial charge in [0, 0.05) is 30.4 Å². The van der Waals surface area contributed by atoms with Gasteiger partial charge in [0.15, 0.2) is 0 Å². The SMILES string of the molecule is O=C(OCC1[C@H]2CCC#CCC[C@@H]12)Oc1ccc2c(C(F)(F)F)cc(=O)oc2c1. The molecule has 1 heterocycles. The lowest BCUT2D eigenvalue weighted by molar-refractivity contribution is -0.136. The van der Waals surface area contributed by atoms with Crippen molar-refractivity contribution < 1.29 is 31.9 Å². The molecule has 0 spiro atoms. The molecule has 0 radical (unpaired) electrons. The van der Waals surface area contributed by atoms with Crippen LogP contribution in [-0.4, -0.2) is 12.8 Å². The molecular weight excluding hydrogens is 389 g/mol. The van der Waals surface area contributed by atoms with Gasteiger partial charge in [-0.2, -0.15) is 13.2 Å². The molecule has 2 aromatic rings. The summed E-state index contributed by atoms with van der Waals surface area (Å²) in [4.78, 5) is 23.4. The minimum absolute atomic E-state index is 0.0693. The Hall–Kier alpha value is -2.95. The average Bonchev–Trinajstić information content (AvgIpc) is 3.27. The van der Waals surface area contributed by atoms with E-state index in [0.29, 0.717) is 17.9 Å². The molecule has 0 bridgehead atoms. The van der Waals surface area contributed by atoms with E-state index in [4.69, 9.17) is 13.9 Å². The van der Waals surface area contributed by atoms with Gasteiger partial charge in [-0.3, -0.25) is 0 Å². The normalized spacial score (nSPS) is 23.2. The number of carbonyl (C=O) groups is 1. The van der Waals surface area contributed by atoms with Gasteiger partial charge < -0.3 is 13.9 Å². The number of fused-ring (bicyclic) bond motifs is 2. The van der Waals surface area contributed by atoms with E-state index in [1.165, 1.54) is 6.07 Å². The van der Waals surface area contributed by atoms with E-state index >= 15 is 0 Å². The summed E-state index contributed by atoms with van der Waals surface area (Å²) >= 11 is 0. The number of carbonyl (C=O) groups excluding carboxylic acids is 1. The van der Waals surface area contributed by atoms with Crippen LogP contribution in [0.5, 0.6) is 5.75 Å². The van der Waals surface area contributed by atoms with Crippen LogP contribution in [0.25, 0.3) is 11.0 Å². The Kier molecular flexibility index (Phi) is 4.99. The zero-order valence-corrected chi connectivity index (χ0v) is 15.3. The molecule has 0 saturated heterocycles. The molecule has 5 nitrogen and oxygen atoms in total. The van der Waals surface area contributed by atoms with Gasteiger partial charge in [-0.1, -0.05) is 0 Å². The molecule has 1 aromatic carbocycles. The number of rotatable bonds is 3. The summed E-state index contributed by atoms with van der Waals surface area (Å²) in [5.74, 6) is 7.45. The van der Waals surface area contributed by atoms with E-state index in [1.54, 1.807) is 0 Å². The van der Waals surface area contributed by atoms with Crippen LogP contribution in [0.4, 0.5) is 18.0 Å². The Bertz CT molecular complexity index is 1040. The Labute approximate surface area is 163 Å². The van der Waals surface area contributed by atoms with Gasteiger partial charge in [0.2, 0.25) is 0 Å². The Morgan fingerprint density at radius 3 is 2.48 bits per heavy atom. The molecule has 29 heavy (non-hydrogen) atoms. The van der Waals surface area contributed by atoms with Crippen molar-refractivity contribution in [1.82, 2.24) is 0 Å². The highest BCUT2D eigenvalue weighted by molar-refractivity contribution is 5.82. The molecule has 4 rings (SSSR count). The van der Waals surface area contributed by atoms with Crippen molar-refractivity contribution in [2.45, 2.75) is 31.9 Å². The lowest BCUT2D eigenvalue weighted by atomic mass is 10.1. The number of ether oxygens (including phenoxy) is 2. The number of hydrogen-bond acceptors (Lipinski definition) is 5. The van der Waals surface area contributed by atoms with Gasteiger partial charge in [-0.05, 0) is 42.7 Å². The minimum atomic E-state index is -4.71. The summed E-state index contributed by atoms with van der Waals surface area (Å²) in [7, 11) is 0. The zero-order valence-electron chi connectivity index (χ0n) is 15.3. The molecule has 8 heteroatoms. The second-order valence-electron chi connectivity index (χ2n) is 7.22. The van der Waals surface area contributed by atoms with Crippen LogP contribution in [0.15, 0.2) is 33.5 Å². The third-order valence-corrected chi connectivity index (χ3v) is 5.46. The van der Waals surface area contributed by atoms with Crippen LogP contribution < -0.4 is 10.4 Å². The van der Waals surface area contributed by atoms with E-state index in [1.807, 2.05) is 0 Å². The van der Waals surface area contributed by atoms with Crippen LogP contribution >= 0.6 is 0 Å². The van der Waals surface area contributed by atoms with Crippen LogP contribution in [0, 0.1) is 29.6 Å². The summed E-state index contributed by atoms with van der Waals surface area (Å²) in [5.41, 5.74) is -2.57. The predicted octanol–water partition coefficient (Wildman–Crippen LogP) is 4.77. The minimum Gasteiger partial charge on any atom is -0.434 e. The molecular formula is C21H17F3O5. The molecule has 1 unspecified atom stereocenters. The van der Waals surface area contributed by atoms with Crippen molar-refractivity contribution in [3.63, 3.8) is 0 Å². The van der Waals surface area contributed by atoms with E-state index < -0.39 is 23.5 Å². The summed E-state index contributed by atoms with van der Waals surface area (Å²) in [5, 5.41) is -0.297. The first-order chi connectivity index (χ1) is 13.8. The summed E-state index contributed by atoms with van der Waals surface area (Å²) in [6.07, 6.45) is -1.97. The molecule has 2 aliphatic rings. The first kappa shape index (κ1) is 19.4. The highest BCUT2D eigenvalue weighted by atomic mass is 19.4. The van der Waals surface area contributed by atoms with E-state index in [-0.39, 0.29) is 29.2 Å². The third kappa shape index (κ3) is 4.24. The van der Waals surface area contributed by atoms with Gasteiger partial charge in [-0.15, -0.1) is 11.8 Å². The first-order valence-corrected chi connectivity index (χ1v) is 9.28. The van der Waals surface area contributed by atoms with Crippen LogP contribution in [0.1, 0.15) is 31.2 Å². The Balaban J connectivity index is 1.40. The first-order valence-electron chi connectivity index (χ1n) is 9.28. The van der Waals surface area contributed by atoms with Crippen molar-refractivity contribution in [2.75, 3.05) is 6.61 Å². The van der Waals surface area contributed by atoms with Crippen molar-refractivity contribution >= 4 is 17.1 Å². The lowest BCUT2D eigenvalue weighted by Gasteiger charge is -2.10. The molecule has 152 valence electrons. The van der Waals surface area contributed by atoms with Crippen molar-refractivity contribution in [3.8, 4) is 17.6 Å². The molecule has 2 aliphatic carbocycles. The topological polar surface area (TPSA) is 65.7 Å². The second kappa shape index (κ2) is 7.47. The van der Waals surface area contributed by atoms with Crippen LogP contribution in [0.2, 0.25) is 0 Å². The maximum Gasteiger partial charge on any atom is 0.513 e. The van der Waals surface area contributed by atoms with Gasteiger partial charge in [0.25, 0.3) is 0 Å². The van der Waals surface area contributed by atoms with E-state index in [0.717, 1.165) is 37.8 Å². The Morgan fingerprint density at radius 1 is 1.14 bits per heavy atom. The van der Waals surface area contributed by atoms with E-state index in [2.05, 4.69) is 11.8 Å². The number of halogens is 3. The molecule has 1 saturated carbocycles. The summed E-state index contributed by atoms with van der Waals surface area (Å²) in [6, 6.07) is 3.74. The van der Waals surface area contributed by atoms with E-state index in [9.17, 15) is 22.8 Å². The average molecular weight is 406 g/mol. The highest BCUT2D eigenvalue weighted by Crippen LogP contribution is 2.52. The van der Waals surface area contributed by atoms with Crippen molar-refractivity contribution in [3.05, 3.63) is 40.2 Å². The second-order valence-corrected chi connectivity index (χ2v) is 7.22.